The SMILES string of the molecule is COc1cc(C)c(Sc2cnc(N)s2)cc1C(=O)N1CC2(CCN(C)C2)C1. The number of carbonyl (C=O) groups is 1. The van der Waals surface area contributed by atoms with Crippen molar-refractivity contribution in [3.63, 3.8) is 0 Å². The zero-order valence-corrected chi connectivity index (χ0v) is 17.5. The number of hydrogen-bond acceptors (Lipinski definition) is 7. The summed E-state index contributed by atoms with van der Waals surface area (Å²) >= 11 is 3.03. The van der Waals surface area contributed by atoms with Crippen molar-refractivity contribution in [2.24, 2.45) is 5.41 Å². The molecule has 0 unspecified atom stereocenters. The summed E-state index contributed by atoms with van der Waals surface area (Å²) in [4.78, 5) is 22.6. The fourth-order valence-electron chi connectivity index (χ4n) is 4.03. The maximum absolute atomic E-state index is 13.1. The van der Waals surface area contributed by atoms with Gasteiger partial charge in [0.15, 0.2) is 5.13 Å². The molecule has 2 aliphatic heterocycles. The number of ether oxygens (including phenoxy) is 1. The molecule has 0 saturated carbocycles. The smallest absolute Gasteiger partial charge is 0.257 e. The first-order chi connectivity index (χ1) is 12.9. The van der Waals surface area contributed by atoms with E-state index in [4.69, 9.17) is 10.5 Å². The van der Waals surface area contributed by atoms with Crippen molar-refractivity contribution in [2.45, 2.75) is 22.4 Å². The average molecular weight is 405 g/mol. The van der Waals surface area contributed by atoms with Crippen LogP contribution in [0.4, 0.5) is 5.13 Å². The highest BCUT2D eigenvalue weighted by atomic mass is 32.2. The number of thiazole rings is 1. The van der Waals surface area contributed by atoms with E-state index >= 15 is 0 Å². The molecule has 2 saturated heterocycles. The number of nitrogen functional groups attached to an aromatic ring is 1. The molecule has 144 valence electrons. The summed E-state index contributed by atoms with van der Waals surface area (Å²) < 4.78 is 6.52. The van der Waals surface area contributed by atoms with Crippen LogP contribution < -0.4 is 10.5 Å². The van der Waals surface area contributed by atoms with Gasteiger partial charge in [0.2, 0.25) is 0 Å². The Morgan fingerprint density at radius 1 is 1.37 bits per heavy atom. The molecule has 0 radical (unpaired) electrons. The van der Waals surface area contributed by atoms with Crippen molar-refractivity contribution >= 4 is 34.1 Å². The predicted molar refractivity (Wildman–Crippen MR) is 109 cm³/mol. The van der Waals surface area contributed by atoms with E-state index in [0.29, 0.717) is 21.9 Å². The van der Waals surface area contributed by atoms with E-state index in [2.05, 4.69) is 16.9 Å². The molecule has 1 aromatic carbocycles. The molecule has 0 aliphatic carbocycles. The minimum absolute atomic E-state index is 0.0534. The van der Waals surface area contributed by atoms with Gasteiger partial charge in [-0.3, -0.25) is 4.79 Å². The van der Waals surface area contributed by atoms with Gasteiger partial charge in [-0.25, -0.2) is 4.98 Å². The van der Waals surface area contributed by atoms with Crippen molar-refractivity contribution in [3.05, 3.63) is 29.5 Å². The van der Waals surface area contributed by atoms with Crippen LogP contribution in [0.2, 0.25) is 0 Å². The monoisotopic (exact) mass is 404 g/mol. The second kappa shape index (κ2) is 7.00. The Labute approximate surface area is 167 Å². The van der Waals surface area contributed by atoms with Crippen LogP contribution in [-0.4, -0.2) is 61.0 Å². The standard InChI is InChI=1S/C19H24N4O2S2/c1-12-6-14(25-3)13(7-15(12)26-16-8-21-18(20)27-16)17(24)23-10-19(11-23)4-5-22(2)9-19/h6-8H,4-5,9-11H2,1-3H3,(H2,20,21). The van der Waals surface area contributed by atoms with Gasteiger partial charge in [-0.15, -0.1) is 0 Å². The van der Waals surface area contributed by atoms with E-state index in [1.165, 1.54) is 17.8 Å². The summed E-state index contributed by atoms with van der Waals surface area (Å²) in [5.41, 5.74) is 7.72. The number of hydrogen-bond donors (Lipinski definition) is 1. The number of nitrogens with two attached hydrogens (primary N) is 1. The van der Waals surface area contributed by atoms with Gasteiger partial charge in [-0.05, 0) is 44.6 Å². The maximum Gasteiger partial charge on any atom is 0.257 e. The Hall–Kier alpha value is -1.77. The van der Waals surface area contributed by atoms with Crippen LogP contribution in [0.1, 0.15) is 22.3 Å². The molecule has 2 fully saturated rings. The molecular formula is C19H24N4O2S2. The van der Waals surface area contributed by atoms with Crippen LogP contribution in [0.3, 0.4) is 0 Å². The molecule has 1 aromatic heterocycles. The average Bonchev–Trinajstić information content (AvgIpc) is 3.20. The highest BCUT2D eigenvalue weighted by Crippen LogP contribution is 2.42. The van der Waals surface area contributed by atoms with Gasteiger partial charge in [0.05, 0.1) is 23.1 Å². The number of carbonyl (C=O) groups excluding carboxylic acids is 1. The van der Waals surface area contributed by atoms with Gasteiger partial charge < -0.3 is 20.3 Å². The molecule has 2 aromatic rings. The van der Waals surface area contributed by atoms with Gasteiger partial charge >= 0.3 is 0 Å². The number of amides is 1. The summed E-state index contributed by atoms with van der Waals surface area (Å²) in [7, 11) is 3.77. The Bertz CT molecular complexity index is 877. The zero-order valence-electron chi connectivity index (χ0n) is 15.8. The lowest BCUT2D eigenvalue weighted by Crippen LogP contribution is -2.59. The predicted octanol–water partition coefficient (Wildman–Crippen LogP) is 2.97. The Morgan fingerprint density at radius 2 is 2.15 bits per heavy atom. The van der Waals surface area contributed by atoms with Crippen molar-refractivity contribution < 1.29 is 9.53 Å². The molecule has 2 aliphatic rings. The van der Waals surface area contributed by atoms with E-state index in [-0.39, 0.29) is 5.91 Å². The zero-order chi connectivity index (χ0) is 19.2. The van der Waals surface area contributed by atoms with Crippen molar-refractivity contribution in [3.8, 4) is 5.75 Å². The van der Waals surface area contributed by atoms with Crippen LogP contribution in [0.15, 0.2) is 27.4 Å². The van der Waals surface area contributed by atoms with E-state index in [1.807, 2.05) is 24.0 Å². The highest BCUT2D eigenvalue weighted by molar-refractivity contribution is 8.01. The summed E-state index contributed by atoms with van der Waals surface area (Å²) in [6.45, 7) is 5.89. The molecule has 1 spiro atoms. The summed E-state index contributed by atoms with van der Waals surface area (Å²) in [5, 5.41) is 0.548. The van der Waals surface area contributed by atoms with Crippen LogP contribution in [0, 0.1) is 12.3 Å². The van der Waals surface area contributed by atoms with Gasteiger partial charge in [-0.2, -0.15) is 0 Å². The Morgan fingerprint density at radius 3 is 2.74 bits per heavy atom. The summed E-state index contributed by atoms with van der Waals surface area (Å²) in [6, 6.07) is 3.89. The lowest BCUT2D eigenvalue weighted by atomic mass is 9.78. The van der Waals surface area contributed by atoms with Gasteiger partial charge in [0, 0.05) is 29.9 Å². The highest BCUT2D eigenvalue weighted by Gasteiger charge is 2.48. The first-order valence-corrected chi connectivity index (χ1v) is 10.6. The minimum Gasteiger partial charge on any atom is -0.496 e. The van der Waals surface area contributed by atoms with Gasteiger partial charge in [0.1, 0.15) is 5.75 Å². The van der Waals surface area contributed by atoms with Gasteiger partial charge in [-0.1, -0.05) is 23.1 Å². The molecule has 27 heavy (non-hydrogen) atoms. The van der Waals surface area contributed by atoms with Crippen LogP contribution >= 0.6 is 23.1 Å². The topological polar surface area (TPSA) is 71.7 Å². The lowest BCUT2D eigenvalue weighted by Gasteiger charge is -2.48. The molecule has 0 bridgehead atoms. The van der Waals surface area contributed by atoms with Crippen molar-refractivity contribution in [1.29, 1.82) is 0 Å². The molecule has 1 amide bonds. The number of likely N-dealkylation sites (tertiary alicyclic amines) is 2. The number of benzene rings is 1. The first kappa shape index (κ1) is 18.6. The van der Waals surface area contributed by atoms with Crippen LogP contribution in [-0.2, 0) is 0 Å². The second-order valence-corrected chi connectivity index (χ2v) is 9.99. The summed E-state index contributed by atoms with van der Waals surface area (Å²) in [6.07, 6.45) is 2.94. The third kappa shape index (κ3) is 3.53. The molecular weight excluding hydrogens is 380 g/mol. The first-order valence-electron chi connectivity index (χ1n) is 8.95. The van der Waals surface area contributed by atoms with E-state index in [9.17, 15) is 4.79 Å². The fraction of sp³-hybridized carbons (Fsp3) is 0.474. The summed E-state index contributed by atoms with van der Waals surface area (Å²) in [5.74, 6) is 0.688. The second-order valence-electron chi connectivity index (χ2n) is 7.59. The Balaban J connectivity index is 1.56. The van der Waals surface area contributed by atoms with Crippen LogP contribution in [0.25, 0.3) is 0 Å². The van der Waals surface area contributed by atoms with Crippen molar-refractivity contribution in [2.75, 3.05) is 46.1 Å². The molecule has 2 N–H and O–H groups in total. The number of aromatic nitrogens is 1. The molecule has 3 heterocycles. The molecule has 0 atom stereocenters. The minimum atomic E-state index is 0.0534. The number of nitrogens with zero attached hydrogens (tertiary/aromatic N) is 3. The van der Waals surface area contributed by atoms with E-state index in [0.717, 1.165) is 40.8 Å². The van der Waals surface area contributed by atoms with Crippen LogP contribution in [0.5, 0.6) is 5.75 Å². The van der Waals surface area contributed by atoms with E-state index in [1.54, 1.807) is 25.1 Å². The number of rotatable bonds is 4. The quantitative estimate of drug-likeness (QED) is 0.845. The molecule has 6 nitrogen and oxygen atoms in total. The number of methoxy groups -OCH3 is 1. The third-order valence-corrected chi connectivity index (χ3v) is 7.50. The van der Waals surface area contributed by atoms with Crippen molar-refractivity contribution in [1.82, 2.24) is 14.8 Å². The number of aryl methyl sites for hydroxylation is 1. The van der Waals surface area contributed by atoms with Gasteiger partial charge in [0.25, 0.3) is 5.91 Å². The third-order valence-electron chi connectivity index (χ3n) is 5.41. The fourth-order valence-corrected chi connectivity index (χ4v) is 5.86. The van der Waals surface area contributed by atoms with E-state index < -0.39 is 0 Å². The normalized spacial score (nSPS) is 18.7. The lowest BCUT2D eigenvalue weighted by molar-refractivity contribution is 0.0116. The molecule has 4 rings (SSSR count). The largest absolute Gasteiger partial charge is 0.496 e. The maximum atomic E-state index is 13.1. The molecule has 8 heteroatoms. The number of anilines is 1. The Kier molecular flexibility index (Phi) is 4.82.